The molecule has 0 aliphatic heterocycles. The number of aliphatic carboxylic acids is 1. The highest BCUT2D eigenvalue weighted by Gasteiger charge is 2.63. The highest BCUT2D eigenvalue weighted by atomic mass is 16.4. The zero-order chi connectivity index (χ0) is 21.8. The molecule has 7 atom stereocenters. The summed E-state index contributed by atoms with van der Waals surface area (Å²) in [4.78, 5) is 49.1. The summed E-state index contributed by atoms with van der Waals surface area (Å²) < 4.78 is 0. The van der Waals surface area contributed by atoms with Crippen LogP contribution in [0.2, 0.25) is 0 Å². The lowest BCUT2D eigenvalue weighted by Crippen LogP contribution is -2.56. The SMILES string of the molecule is CC(=O)[C@H]1CC[C@H]2[C@@H]3CCC4=CC(=O)CC[C@]4(C)[C@H]3[C@H](C(=O)CCC(=O)O)C[C@]12C. The number of hydrogen-bond acceptors (Lipinski definition) is 4. The van der Waals surface area contributed by atoms with Gasteiger partial charge in [-0.3, -0.25) is 19.2 Å². The minimum atomic E-state index is -0.944. The van der Waals surface area contributed by atoms with Crippen LogP contribution in [0.25, 0.3) is 0 Å². The maximum Gasteiger partial charge on any atom is 0.303 e. The standard InChI is InChI=1S/C25H34O5/c1-14(26)19-6-7-20-17-5-4-15-12-16(27)10-11-24(15,2)23(17)18(13-25(19,20)3)21(28)8-9-22(29)30/h12,17-20,23H,4-11,13H2,1-3H3,(H,29,30)/t17-,18-,19+,20-,23+,24-,25+/m0/s1. The van der Waals surface area contributed by atoms with Gasteiger partial charge >= 0.3 is 5.97 Å². The highest BCUT2D eigenvalue weighted by molar-refractivity contribution is 5.92. The average molecular weight is 415 g/mol. The van der Waals surface area contributed by atoms with E-state index in [2.05, 4.69) is 13.8 Å². The van der Waals surface area contributed by atoms with E-state index in [4.69, 9.17) is 5.11 Å². The Labute approximate surface area is 178 Å². The lowest BCUT2D eigenvalue weighted by molar-refractivity contribution is -0.148. The van der Waals surface area contributed by atoms with Crippen molar-refractivity contribution in [1.82, 2.24) is 0 Å². The van der Waals surface area contributed by atoms with Crippen molar-refractivity contribution in [3.8, 4) is 0 Å². The first-order chi connectivity index (χ1) is 14.1. The number of carbonyl (C=O) groups is 4. The molecule has 3 fully saturated rings. The molecule has 4 aliphatic carbocycles. The van der Waals surface area contributed by atoms with Gasteiger partial charge in [-0.1, -0.05) is 19.4 Å². The van der Waals surface area contributed by atoms with Gasteiger partial charge in [0.2, 0.25) is 0 Å². The molecule has 0 radical (unpaired) electrons. The lowest BCUT2D eigenvalue weighted by Gasteiger charge is -2.60. The molecule has 0 saturated heterocycles. The van der Waals surface area contributed by atoms with Crippen LogP contribution < -0.4 is 0 Å². The molecule has 3 saturated carbocycles. The Bertz CT molecular complexity index is 825. The van der Waals surface area contributed by atoms with Crippen LogP contribution in [0.3, 0.4) is 0 Å². The van der Waals surface area contributed by atoms with Crippen LogP contribution in [0.4, 0.5) is 0 Å². The number of ketones is 3. The molecule has 0 spiro atoms. The van der Waals surface area contributed by atoms with Crippen LogP contribution in [0, 0.1) is 40.4 Å². The largest absolute Gasteiger partial charge is 0.481 e. The highest BCUT2D eigenvalue weighted by Crippen LogP contribution is 2.68. The third-order valence-corrected chi connectivity index (χ3v) is 9.41. The van der Waals surface area contributed by atoms with E-state index in [0.29, 0.717) is 24.7 Å². The lowest BCUT2D eigenvalue weighted by atomic mass is 9.43. The average Bonchev–Trinajstić information content (AvgIpc) is 3.03. The van der Waals surface area contributed by atoms with Crippen LogP contribution in [0.15, 0.2) is 11.6 Å². The monoisotopic (exact) mass is 414 g/mol. The molecule has 164 valence electrons. The van der Waals surface area contributed by atoms with Crippen LogP contribution in [0.5, 0.6) is 0 Å². The van der Waals surface area contributed by atoms with Gasteiger partial charge in [0.15, 0.2) is 5.78 Å². The molecule has 4 rings (SSSR count). The Morgan fingerprint density at radius 2 is 1.83 bits per heavy atom. The number of carboxylic acids is 1. The summed E-state index contributed by atoms with van der Waals surface area (Å²) in [6.07, 6.45) is 7.53. The number of allylic oxidation sites excluding steroid dienone is 1. The molecule has 0 aromatic rings. The molecular formula is C25H34O5. The summed E-state index contributed by atoms with van der Waals surface area (Å²) >= 11 is 0. The molecular weight excluding hydrogens is 380 g/mol. The van der Waals surface area contributed by atoms with Crippen molar-refractivity contribution in [2.75, 3.05) is 0 Å². The minimum Gasteiger partial charge on any atom is -0.481 e. The molecule has 0 amide bonds. The van der Waals surface area contributed by atoms with Crippen molar-refractivity contribution in [3.63, 3.8) is 0 Å². The Morgan fingerprint density at radius 3 is 2.50 bits per heavy atom. The van der Waals surface area contributed by atoms with E-state index in [0.717, 1.165) is 32.1 Å². The Hall–Kier alpha value is -1.78. The molecule has 4 aliphatic rings. The predicted octanol–water partition coefficient (Wildman–Crippen LogP) is 4.38. The number of rotatable bonds is 5. The van der Waals surface area contributed by atoms with Gasteiger partial charge in [-0.25, -0.2) is 0 Å². The molecule has 0 aromatic heterocycles. The summed E-state index contributed by atoms with van der Waals surface area (Å²) in [7, 11) is 0. The Balaban J connectivity index is 1.76. The third kappa shape index (κ3) is 3.20. The van der Waals surface area contributed by atoms with E-state index in [9.17, 15) is 19.2 Å². The summed E-state index contributed by atoms with van der Waals surface area (Å²) in [6, 6.07) is 0. The number of Topliss-reactive ketones (excluding diaryl/α,β-unsaturated/α-hetero) is 2. The van der Waals surface area contributed by atoms with Crippen molar-refractivity contribution in [3.05, 3.63) is 11.6 Å². The summed E-state index contributed by atoms with van der Waals surface area (Å²) in [5.41, 5.74) is 0.843. The van der Waals surface area contributed by atoms with Gasteiger partial charge in [0.05, 0.1) is 6.42 Å². The van der Waals surface area contributed by atoms with E-state index in [-0.39, 0.29) is 58.8 Å². The van der Waals surface area contributed by atoms with E-state index in [1.165, 1.54) is 5.57 Å². The molecule has 1 N–H and O–H groups in total. The van der Waals surface area contributed by atoms with E-state index in [1.807, 2.05) is 6.08 Å². The number of carboxylic acid groups (broad SMARTS) is 1. The first-order valence-corrected chi connectivity index (χ1v) is 11.6. The molecule has 5 nitrogen and oxygen atoms in total. The van der Waals surface area contributed by atoms with Crippen LogP contribution >= 0.6 is 0 Å². The van der Waals surface area contributed by atoms with Crippen molar-refractivity contribution in [1.29, 1.82) is 0 Å². The first-order valence-electron chi connectivity index (χ1n) is 11.6. The van der Waals surface area contributed by atoms with Crippen LogP contribution in [0.1, 0.15) is 78.6 Å². The normalized spacial score (nSPS) is 42.6. The van der Waals surface area contributed by atoms with Crippen molar-refractivity contribution < 1.29 is 24.3 Å². The zero-order valence-corrected chi connectivity index (χ0v) is 18.4. The van der Waals surface area contributed by atoms with Crippen molar-refractivity contribution in [2.24, 2.45) is 40.4 Å². The zero-order valence-electron chi connectivity index (χ0n) is 18.4. The fourth-order valence-corrected chi connectivity index (χ4v) is 8.14. The van der Waals surface area contributed by atoms with Gasteiger partial charge in [-0.05, 0) is 80.1 Å². The molecule has 0 aromatic carbocycles. The number of fused-ring (bicyclic) bond motifs is 5. The maximum atomic E-state index is 13.4. The topological polar surface area (TPSA) is 88.5 Å². The fraction of sp³-hybridized carbons (Fsp3) is 0.760. The fourth-order valence-electron chi connectivity index (χ4n) is 8.14. The van der Waals surface area contributed by atoms with Gasteiger partial charge in [0.1, 0.15) is 11.6 Å². The van der Waals surface area contributed by atoms with E-state index < -0.39 is 5.97 Å². The molecule has 0 bridgehead atoms. The smallest absolute Gasteiger partial charge is 0.303 e. The Morgan fingerprint density at radius 1 is 1.10 bits per heavy atom. The van der Waals surface area contributed by atoms with Crippen molar-refractivity contribution in [2.45, 2.75) is 78.6 Å². The van der Waals surface area contributed by atoms with Crippen LogP contribution in [-0.2, 0) is 19.2 Å². The second-order valence-electron chi connectivity index (χ2n) is 10.8. The molecule has 0 unspecified atom stereocenters. The molecule has 30 heavy (non-hydrogen) atoms. The summed E-state index contributed by atoms with van der Waals surface area (Å²) in [6.45, 7) is 6.13. The number of hydrogen-bond donors (Lipinski definition) is 1. The predicted molar refractivity (Wildman–Crippen MR) is 112 cm³/mol. The first kappa shape index (κ1) is 21.5. The third-order valence-electron chi connectivity index (χ3n) is 9.41. The Kier molecular flexibility index (Phi) is 5.31. The maximum absolute atomic E-state index is 13.4. The molecule has 5 heteroatoms. The van der Waals surface area contributed by atoms with Gasteiger partial charge in [0, 0.05) is 24.7 Å². The van der Waals surface area contributed by atoms with Crippen LogP contribution in [-0.4, -0.2) is 28.4 Å². The van der Waals surface area contributed by atoms with Gasteiger partial charge < -0.3 is 5.11 Å². The van der Waals surface area contributed by atoms with Gasteiger partial charge in [-0.2, -0.15) is 0 Å². The van der Waals surface area contributed by atoms with E-state index >= 15 is 0 Å². The van der Waals surface area contributed by atoms with E-state index in [1.54, 1.807) is 6.92 Å². The minimum absolute atomic E-state index is 0.00379. The van der Waals surface area contributed by atoms with Crippen molar-refractivity contribution >= 4 is 23.3 Å². The second-order valence-corrected chi connectivity index (χ2v) is 10.8. The summed E-state index contributed by atoms with van der Waals surface area (Å²) in [5.74, 6) is 0.220. The second kappa shape index (κ2) is 7.42. The number of carbonyl (C=O) groups excluding carboxylic acids is 3. The summed E-state index contributed by atoms with van der Waals surface area (Å²) in [5, 5.41) is 9.13. The van der Waals surface area contributed by atoms with Gasteiger partial charge in [0.25, 0.3) is 0 Å². The van der Waals surface area contributed by atoms with Gasteiger partial charge in [-0.15, -0.1) is 0 Å². The quantitative estimate of drug-likeness (QED) is 0.721. The molecule has 0 heterocycles.